The number of nitrogens with one attached hydrogen (secondary N) is 1. The minimum atomic E-state index is -0.724. The highest BCUT2D eigenvalue weighted by Crippen LogP contribution is 2.01. The Bertz CT molecular complexity index is 1660. The van der Waals surface area contributed by atoms with Gasteiger partial charge in [0.05, 0.1) is 78.5 Å². The Hall–Kier alpha value is -6.40. The first-order valence-corrected chi connectivity index (χ1v) is 18.7. The second-order valence-electron chi connectivity index (χ2n) is 14.7. The van der Waals surface area contributed by atoms with Gasteiger partial charge < -0.3 is 64.9 Å². The number of hydrogen-bond acceptors (Lipinski definition) is 13. The van der Waals surface area contributed by atoms with Crippen molar-refractivity contribution in [2.24, 2.45) is 5.73 Å². The average molecular weight is 870 g/mol. The van der Waals surface area contributed by atoms with E-state index in [4.69, 9.17) is 5.73 Å². The summed E-state index contributed by atoms with van der Waals surface area (Å²) in [6, 6.07) is 0. The number of carbonyl (C=O) groups excluding carboxylic acids is 12. The van der Waals surface area contributed by atoms with Crippen LogP contribution in [0.2, 0.25) is 0 Å². The fourth-order valence-corrected chi connectivity index (χ4v) is 4.73. The maximum atomic E-state index is 12.9. The van der Waals surface area contributed by atoms with Gasteiger partial charge in [-0.2, -0.15) is 0 Å². The molecule has 0 saturated carbocycles. The first-order chi connectivity index (χ1) is 28.1. The van der Waals surface area contributed by atoms with Crippen LogP contribution >= 0.6 is 0 Å². The quantitative estimate of drug-likeness (QED) is 0.0914. The lowest BCUT2D eigenvalue weighted by atomic mass is 10.3. The fourth-order valence-electron chi connectivity index (χ4n) is 4.73. The van der Waals surface area contributed by atoms with Crippen LogP contribution in [0.4, 0.5) is 0 Å². The van der Waals surface area contributed by atoms with Crippen molar-refractivity contribution < 1.29 is 57.5 Å². The normalized spacial score (nSPS) is 10.4. The van der Waals surface area contributed by atoms with Gasteiger partial charge in [0.15, 0.2) is 0 Å². The van der Waals surface area contributed by atoms with Crippen LogP contribution in [0.1, 0.15) is 0 Å². The molecular weight excluding hydrogens is 806 g/mol. The Morgan fingerprint density at radius 3 is 0.541 bits per heavy atom. The minimum Gasteiger partial charge on any atom is -0.368 e. The van der Waals surface area contributed by atoms with Gasteiger partial charge in [0, 0.05) is 77.5 Å². The van der Waals surface area contributed by atoms with E-state index in [-0.39, 0.29) is 38.6 Å². The summed E-state index contributed by atoms with van der Waals surface area (Å²) in [7, 11) is 16.4. The zero-order chi connectivity index (χ0) is 47.5. The van der Waals surface area contributed by atoms with Crippen molar-refractivity contribution in [1.82, 2.24) is 59.2 Å². The van der Waals surface area contributed by atoms with Crippen molar-refractivity contribution >= 4 is 70.9 Å². The molecule has 0 aliphatic heterocycles. The fraction of sp³-hybridized carbons (Fsp3) is 0.667. The Balaban J connectivity index is 4.90. The highest BCUT2D eigenvalue weighted by atomic mass is 16.2. The number of carbonyl (C=O) groups is 12. The Kier molecular flexibility index (Phi) is 23.2. The number of primary amides is 1. The van der Waals surface area contributed by atoms with E-state index >= 15 is 0 Å². The van der Waals surface area contributed by atoms with Gasteiger partial charge in [-0.15, -0.1) is 0 Å². The van der Waals surface area contributed by atoms with E-state index in [1.807, 2.05) is 0 Å². The molecule has 3 N–H and O–H groups in total. The van der Waals surface area contributed by atoms with Crippen LogP contribution in [-0.2, 0) is 57.5 Å². The summed E-state index contributed by atoms with van der Waals surface area (Å²) in [6.07, 6.45) is 0. The molecule has 0 atom stereocenters. The van der Waals surface area contributed by atoms with E-state index in [9.17, 15) is 57.5 Å². The van der Waals surface area contributed by atoms with Crippen molar-refractivity contribution in [3.05, 3.63) is 0 Å². The van der Waals surface area contributed by atoms with Gasteiger partial charge in [-0.1, -0.05) is 0 Å². The van der Waals surface area contributed by atoms with Gasteiger partial charge in [0.25, 0.3) is 0 Å². The van der Waals surface area contributed by atoms with Gasteiger partial charge >= 0.3 is 0 Å². The van der Waals surface area contributed by atoms with E-state index < -0.39 is 111 Å². The van der Waals surface area contributed by atoms with Crippen LogP contribution in [0.5, 0.6) is 0 Å². The molecule has 0 aliphatic rings. The smallest absolute Gasteiger partial charge is 0.242 e. The topological polar surface area (TPSA) is 279 Å². The molecule has 0 aliphatic carbocycles. The second-order valence-corrected chi connectivity index (χ2v) is 14.7. The number of nitrogens with zero attached hydrogens (tertiary/aromatic N) is 11. The van der Waals surface area contributed by atoms with E-state index in [0.717, 1.165) is 49.0 Å². The van der Waals surface area contributed by atoms with E-state index in [2.05, 4.69) is 5.32 Å². The summed E-state index contributed by atoms with van der Waals surface area (Å²) in [4.78, 5) is 162. The molecule has 0 saturated heterocycles. The summed E-state index contributed by atoms with van der Waals surface area (Å²) >= 11 is 0. The molecule has 25 heteroatoms. The zero-order valence-corrected chi connectivity index (χ0v) is 37.4. The SMILES string of the molecule is CNCC(=O)N(C)CC(=O)N(C)CC(=O)N(C)CC(=O)N(C)CC(=O)N(C)CC(=O)N(C)CC(=O)N(C)CC(=O)N(C)CC(=O)N(C)CC(=O)N(C)CC(=O)N(C)CC(N)=O. The van der Waals surface area contributed by atoms with Crippen molar-refractivity contribution in [1.29, 1.82) is 0 Å². The predicted octanol–water partition coefficient (Wildman–Crippen LogP) is -7.27. The molecule has 0 bridgehead atoms. The van der Waals surface area contributed by atoms with Crippen LogP contribution in [0.3, 0.4) is 0 Å². The third kappa shape index (κ3) is 19.9. The van der Waals surface area contributed by atoms with Crippen molar-refractivity contribution in [2.75, 3.05) is 163 Å². The Morgan fingerprint density at radius 2 is 0.410 bits per heavy atom. The first-order valence-electron chi connectivity index (χ1n) is 18.7. The van der Waals surface area contributed by atoms with Crippen LogP contribution in [-0.4, -0.2) is 288 Å². The molecule has 12 amide bonds. The van der Waals surface area contributed by atoms with Crippen molar-refractivity contribution in [2.45, 2.75) is 0 Å². The second kappa shape index (κ2) is 25.9. The van der Waals surface area contributed by atoms with Gasteiger partial charge in [-0.05, 0) is 7.05 Å². The number of rotatable bonds is 24. The van der Waals surface area contributed by atoms with Crippen LogP contribution in [0.15, 0.2) is 0 Å². The average Bonchev–Trinajstić information content (AvgIpc) is 3.16. The molecule has 0 aromatic rings. The molecule has 25 nitrogen and oxygen atoms in total. The summed E-state index contributed by atoms with van der Waals surface area (Å²) in [6.45, 7) is -4.35. The monoisotopic (exact) mass is 869 g/mol. The molecule has 0 spiro atoms. The molecule has 0 fully saturated rings. The summed E-state index contributed by atoms with van der Waals surface area (Å²) < 4.78 is 0. The number of nitrogens with two attached hydrogens (primary N) is 1. The minimum absolute atomic E-state index is 0.0382. The van der Waals surface area contributed by atoms with E-state index in [1.54, 1.807) is 7.05 Å². The first kappa shape index (κ1) is 54.6. The third-order valence-electron chi connectivity index (χ3n) is 9.13. The van der Waals surface area contributed by atoms with E-state index in [0.29, 0.717) is 0 Å². The summed E-state index contributed by atoms with van der Waals surface area (Å²) in [5.41, 5.74) is 5.08. The van der Waals surface area contributed by atoms with Gasteiger partial charge in [-0.3, -0.25) is 57.5 Å². The highest BCUT2D eigenvalue weighted by molar-refractivity contribution is 5.94. The van der Waals surface area contributed by atoms with Gasteiger partial charge in [0.2, 0.25) is 70.9 Å². The molecule has 0 unspecified atom stereocenters. The molecule has 0 radical (unpaired) electrons. The molecule has 0 aromatic heterocycles. The highest BCUT2D eigenvalue weighted by Gasteiger charge is 2.26. The zero-order valence-electron chi connectivity index (χ0n) is 37.4. The predicted molar refractivity (Wildman–Crippen MR) is 217 cm³/mol. The molecule has 0 aromatic carbocycles. The van der Waals surface area contributed by atoms with Gasteiger partial charge in [0.1, 0.15) is 0 Å². The van der Waals surface area contributed by atoms with Gasteiger partial charge in [-0.25, -0.2) is 0 Å². The Morgan fingerprint density at radius 1 is 0.279 bits per heavy atom. The molecule has 344 valence electrons. The number of likely N-dealkylation sites (N-methyl/N-ethyl adjacent to an activating group) is 12. The Labute approximate surface area is 356 Å². The van der Waals surface area contributed by atoms with Crippen LogP contribution in [0, 0.1) is 0 Å². The summed E-state index contributed by atoms with van der Waals surface area (Å²) in [5, 5.41) is 2.69. The van der Waals surface area contributed by atoms with Crippen LogP contribution < -0.4 is 11.1 Å². The molecule has 61 heavy (non-hydrogen) atoms. The van der Waals surface area contributed by atoms with Crippen molar-refractivity contribution in [3.63, 3.8) is 0 Å². The van der Waals surface area contributed by atoms with E-state index in [1.165, 1.54) is 82.4 Å². The molecular formula is C36H63N13O12. The molecule has 0 rings (SSSR count). The lowest BCUT2D eigenvalue weighted by Crippen LogP contribution is -2.49. The third-order valence-corrected chi connectivity index (χ3v) is 9.13. The maximum Gasteiger partial charge on any atom is 0.242 e. The molecule has 0 heterocycles. The number of hydrogen-bond donors (Lipinski definition) is 2. The standard InChI is InChI=1S/C36H63N13O12/c1-38-13-26(51)40(3)15-28(53)42(5)17-30(55)44(7)19-32(57)46(9)21-34(59)48(11)23-36(61)49(12)24-35(60)47(10)22-33(58)45(8)20-31(56)43(6)18-29(54)41(4)16-27(52)39(2)14-25(37)50/h38H,13-24H2,1-12H3,(H2,37,50). The van der Waals surface area contributed by atoms with Crippen molar-refractivity contribution in [3.8, 4) is 0 Å². The van der Waals surface area contributed by atoms with Crippen LogP contribution in [0.25, 0.3) is 0 Å². The summed E-state index contributed by atoms with van der Waals surface area (Å²) in [5.74, 6) is -6.95. The lowest BCUT2D eigenvalue weighted by Gasteiger charge is -2.27. The number of amides is 12. The largest absolute Gasteiger partial charge is 0.368 e. The lowest BCUT2D eigenvalue weighted by molar-refractivity contribution is -0.146. The maximum absolute atomic E-state index is 12.9.